The molecular formula is C18H22N8O2. The Morgan fingerprint density at radius 3 is 2.39 bits per heavy atom. The van der Waals surface area contributed by atoms with Gasteiger partial charge in [0.2, 0.25) is 11.9 Å². The molecule has 2 aliphatic heterocycles. The van der Waals surface area contributed by atoms with Crippen LogP contribution in [0.15, 0.2) is 18.7 Å². The van der Waals surface area contributed by atoms with E-state index in [2.05, 4.69) is 24.4 Å². The van der Waals surface area contributed by atoms with Crippen LogP contribution in [0.1, 0.15) is 18.9 Å². The van der Waals surface area contributed by atoms with Crippen molar-refractivity contribution in [3.05, 3.63) is 18.7 Å². The number of nitrogens with two attached hydrogens (primary N) is 1. The Balaban J connectivity index is 1.66. The van der Waals surface area contributed by atoms with Crippen LogP contribution in [0.4, 0.5) is 11.9 Å². The van der Waals surface area contributed by atoms with Gasteiger partial charge in [0.1, 0.15) is 11.2 Å². The van der Waals surface area contributed by atoms with E-state index in [-0.39, 0.29) is 5.95 Å². The van der Waals surface area contributed by atoms with Crippen LogP contribution in [-0.2, 0) is 9.47 Å². The molecule has 2 aliphatic rings. The molecular weight excluding hydrogens is 360 g/mol. The van der Waals surface area contributed by atoms with Crippen molar-refractivity contribution in [2.45, 2.75) is 18.9 Å². The van der Waals surface area contributed by atoms with Gasteiger partial charge in [0, 0.05) is 50.3 Å². The van der Waals surface area contributed by atoms with Gasteiger partial charge in [-0.15, -0.1) is 0 Å². The van der Waals surface area contributed by atoms with E-state index in [4.69, 9.17) is 25.2 Å². The van der Waals surface area contributed by atoms with E-state index in [1.165, 1.54) is 0 Å². The number of rotatable bonds is 3. The summed E-state index contributed by atoms with van der Waals surface area (Å²) >= 11 is 0. The van der Waals surface area contributed by atoms with Gasteiger partial charge >= 0.3 is 0 Å². The Morgan fingerprint density at radius 2 is 1.64 bits per heavy atom. The lowest BCUT2D eigenvalue weighted by molar-refractivity contribution is 0.0706. The molecule has 0 aliphatic carbocycles. The van der Waals surface area contributed by atoms with Crippen molar-refractivity contribution in [1.82, 2.24) is 29.5 Å². The van der Waals surface area contributed by atoms with Gasteiger partial charge < -0.3 is 24.7 Å². The normalized spacial score (nSPS) is 18.6. The van der Waals surface area contributed by atoms with Crippen molar-refractivity contribution in [2.75, 3.05) is 50.2 Å². The summed E-state index contributed by atoms with van der Waals surface area (Å²) < 4.78 is 13.1. The third kappa shape index (κ3) is 3.14. The van der Waals surface area contributed by atoms with Crippen molar-refractivity contribution in [2.24, 2.45) is 0 Å². The van der Waals surface area contributed by atoms with Gasteiger partial charge in [-0.1, -0.05) is 0 Å². The third-order valence-electron chi connectivity index (χ3n) is 5.24. The highest BCUT2D eigenvalue weighted by atomic mass is 16.5. The number of imidazole rings is 1. The number of anilines is 2. The summed E-state index contributed by atoms with van der Waals surface area (Å²) in [6.07, 6.45) is 7.14. The minimum atomic E-state index is 0.236. The zero-order valence-electron chi connectivity index (χ0n) is 15.5. The van der Waals surface area contributed by atoms with Gasteiger partial charge in [0.25, 0.3) is 0 Å². The fourth-order valence-corrected chi connectivity index (χ4v) is 3.74. The molecule has 3 aromatic heterocycles. The molecule has 2 N–H and O–H groups in total. The highest BCUT2D eigenvalue weighted by Crippen LogP contribution is 2.32. The van der Waals surface area contributed by atoms with Crippen LogP contribution in [0, 0.1) is 0 Å². The molecule has 0 aromatic carbocycles. The van der Waals surface area contributed by atoms with E-state index in [0.717, 1.165) is 55.9 Å². The molecule has 2 saturated heterocycles. The first-order chi connectivity index (χ1) is 13.8. The molecule has 0 saturated carbocycles. The van der Waals surface area contributed by atoms with Crippen molar-refractivity contribution in [3.63, 3.8) is 0 Å². The van der Waals surface area contributed by atoms with Gasteiger partial charge in [-0.3, -0.25) is 0 Å². The molecule has 0 bridgehead atoms. The van der Waals surface area contributed by atoms with E-state index in [1.54, 1.807) is 12.4 Å². The lowest BCUT2D eigenvalue weighted by atomic mass is 10.1. The summed E-state index contributed by atoms with van der Waals surface area (Å²) in [7, 11) is 0. The summed E-state index contributed by atoms with van der Waals surface area (Å²) in [6, 6.07) is 0.310. The first-order valence-corrected chi connectivity index (χ1v) is 9.52. The van der Waals surface area contributed by atoms with Crippen LogP contribution < -0.4 is 10.6 Å². The van der Waals surface area contributed by atoms with Gasteiger partial charge in [0.05, 0.1) is 19.5 Å². The number of ether oxygens (including phenoxy) is 2. The molecule has 146 valence electrons. The largest absolute Gasteiger partial charge is 0.381 e. The number of hydrogen-bond acceptors (Lipinski definition) is 9. The highest BCUT2D eigenvalue weighted by Gasteiger charge is 2.24. The Labute approximate surface area is 161 Å². The van der Waals surface area contributed by atoms with Crippen LogP contribution in [0.25, 0.3) is 22.4 Å². The summed E-state index contributed by atoms with van der Waals surface area (Å²) in [5.74, 6) is 0.889. The molecule has 10 heteroatoms. The maximum absolute atomic E-state index is 5.68. The summed E-state index contributed by atoms with van der Waals surface area (Å²) in [5, 5.41) is 0. The van der Waals surface area contributed by atoms with Crippen LogP contribution in [0.3, 0.4) is 0 Å². The van der Waals surface area contributed by atoms with E-state index >= 15 is 0 Å². The first-order valence-electron chi connectivity index (χ1n) is 9.52. The average Bonchev–Trinajstić information content (AvgIpc) is 3.19. The van der Waals surface area contributed by atoms with Crippen molar-refractivity contribution < 1.29 is 9.47 Å². The molecule has 2 fully saturated rings. The molecule has 28 heavy (non-hydrogen) atoms. The monoisotopic (exact) mass is 382 g/mol. The lowest BCUT2D eigenvalue weighted by Crippen LogP contribution is -2.37. The highest BCUT2D eigenvalue weighted by molar-refractivity contribution is 5.88. The second-order valence-electron chi connectivity index (χ2n) is 6.97. The molecule has 0 radical (unpaired) electrons. The maximum atomic E-state index is 5.68. The Morgan fingerprint density at radius 1 is 0.929 bits per heavy atom. The third-order valence-corrected chi connectivity index (χ3v) is 5.24. The first kappa shape index (κ1) is 17.3. The number of nitrogens with zero attached hydrogens (tertiary/aromatic N) is 7. The fourth-order valence-electron chi connectivity index (χ4n) is 3.74. The zero-order chi connectivity index (χ0) is 18.9. The molecule has 5 rings (SSSR count). The lowest BCUT2D eigenvalue weighted by Gasteiger charge is -2.27. The zero-order valence-corrected chi connectivity index (χ0v) is 15.5. The molecule has 0 spiro atoms. The van der Waals surface area contributed by atoms with Gasteiger partial charge in [0.15, 0.2) is 5.65 Å². The Hall–Kier alpha value is -2.85. The molecule has 0 unspecified atom stereocenters. The quantitative estimate of drug-likeness (QED) is 0.709. The predicted molar refractivity (Wildman–Crippen MR) is 103 cm³/mol. The Kier molecular flexibility index (Phi) is 4.49. The number of morpholine rings is 1. The Bertz CT molecular complexity index is 962. The summed E-state index contributed by atoms with van der Waals surface area (Å²) in [6.45, 7) is 4.33. The number of aromatic nitrogens is 6. The SMILES string of the molecule is Nc1ncc(-c2nc(N3CCOCC3)nc3ncn(C4CCOCC4)c23)cn1. The van der Waals surface area contributed by atoms with E-state index in [1.807, 2.05) is 6.33 Å². The summed E-state index contributed by atoms with van der Waals surface area (Å²) in [4.78, 5) is 24.7. The maximum Gasteiger partial charge on any atom is 0.228 e. The van der Waals surface area contributed by atoms with Gasteiger partial charge in [-0.05, 0) is 12.8 Å². The second-order valence-corrected chi connectivity index (χ2v) is 6.97. The number of hydrogen-bond donors (Lipinski definition) is 1. The standard InChI is InChI=1S/C18H22N8O2/c19-17-20-9-12(10-21-17)14-15-16(22-11-26(15)13-1-5-27-6-2-13)24-18(23-14)25-3-7-28-8-4-25/h9-11,13H,1-8H2,(H2,19,20,21). The van der Waals surface area contributed by atoms with Crippen LogP contribution in [0.5, 0.6) is 0 Å². The van der Waals surface area contributed by atoms with E-state index < -0.39 is 0 Å². The average molecular weight is 382 g/mol. The molecule has 3 aromatic rings. The molecule has 0 atom stereocenters. The molecule has 5 heterocycles. The van der Waals surface area contributed by atoms with Crippen LogP contribution >= 0.6 is 0 Å². The number of nitrogen functional groups attached to an aromatic ring is 1. The van der Waals surface area contributed by atoms with Gasteiger partial charge in [-0.2, -0.15) is 4.98 Å². The minimum Gasteiger partial charge on any atom is -0.381 e. The van der Waals surface area contributed by atoms with E-state index in [9.17, 15) is 0 Å². The van der Waals surface area contributed by atoms with Crippen LogP contribution in [-0.4, -0.2) is 69.0 Å². The fraction of sp³-hybridized carbons (Fsp3) is 0.500. The van der Waals surface area contributed by atoms with Gasteiger partial charge in [-0.25, -0.2) is 19.9 Å². The van der Waals surface area contributed by atoms with E-state index in [0.29, 0.717) is 30.9 Å². The van der Waals surface area contributed by atoms with Crippen molar-refractivity contribution in [1.29, 1.82) is 0 Å². The molecule has 0 amide bonds. The summed E-state index contributed by atoms with van der Waals surface area (Å²) in [5.41, 5.74) is 8.83. The van der Waals surface area contributed by atoms with Crippen molar-refractivity contribution in [3.8, 4) is 11.3 Å². The smallest absolute Gasteiger partial charge is 0.228 e. The van der Waals surface area contributed by atoms with Crippen LogP contribution in [0.2, 0.25) is 0 Å². The number of fused-ring (bicyclic) bond motifs is 1. The predicted octanol–water partition coefficient (Wildman–Crippen LogP) is 1.05. The van der Waals surface area contributed by atoms with Crippen molar-refractivity contribution >= 4 is 23.1 Å². The minimum absolute atomic E-state index is 0.236. The topological polar surface area (TPSA) is 117 Å². The molecule has 10 nitrogen and oxygen atoms in total. The second kappa shape index (κ2) is 7.28.